The maximum Gasteiger partial charge on any atom is 0.573 e. The average Bonchev–Trinajstić information content (AvgIpc) is 2.10. The van der Waals surface area contributed by atoms with E-state index in [1.165, 1.54) is 0 Å². The van der Waals surface area contributed by atoms with Crippen molar-refractivity contribution in [1.82, 2.24) is 0 Å². The van der Waals surface area contributed by atoms with Crippen LogP contribution in [0.1, 0.15) is 10.4 Å². The van der Waals surface area contributed by atoms with Crippen molar-refractivity contribution >= 4 is 23.6 Å². The monoisotopic (exact) mass is 239 g/mol. The number of anilines is 1. The molecular weight excluding hydrogens is 235 g/mol. The number of ether oxygens (including phenoxy) is 1. The fourth-order valence-corrected chi connectivity index (χ4v) is 1.11. The number of carbonyl (C=O) groups is 1. The SMILES string of the molecule is Nc1c(Cl)cc(C=O)cc1OC(F)(F)F. The Labute approximate surface area is 87.6 Å². The van der Waals surface area contributed by atoms with Gasteiger partial charge in [0.05, 0.1) is 10.7 Å². The van der Waals surface area contributed by atoms with Crippen LogP contribution in [0.25, 0.3) is 0 Å². The van der Waals surface area contributed by atoms with Crippen molar-refractivity contribution in [3.05, 3.63) is 22.7 Å². The zero-order valence-corrected chi connectivity index (χ0v) is 7.89. The average molecular weight is 240 g/mol. The highest BCUT2D eigenvalue weighted by molar-refractivity contribution is 6.33. The third-order valence-corrected chi connectivity index (χ3v) is 1.79. The third-order valence-electron chi connectivity index (χ3n) is 1.48. The van der Waals surface area contributed by atoms with Gasteiger partial charge in [-0.1, -0.05) is 11.6 Å². The molecule has 82 valence electrons. The standard InChI is InChI=1S/C8H5ClF3NO2/c9-5-1-4(3-14)2-6(7(5)13)15-8(10,11)12/h1-3H,13H2. The summed E-state index contributed by atoms with van der Waals surface area (Å²) in [5.41, 5.74) is 4.83. The van der Waals surface area contributed by atoms with E-state index >= 15 is 0 Å². The number of aldehydes is 1. The Kier molecular flexibility index (Phi) is 3.09. The smallest absolute Gasteiger partial charge is 0.404 e. The molecule has 1 aromatic carbocycles. The number of nitrogen functional groups attached to an aromatic ring is 1. The van der Waals surface area contributed by atoms with Gasteiger partial charge in [0.15, 0.2) is 5.75 Å². The molecule has 0 aliphatic heterocycles. The molecule has 0 aromatic heterocycles. The van der Waals surface area contributed by atoms with Crippen LogP contribution in [-0.2, 0) is 0 Å². The van der Waals surface area contributed by atoms with Crippen LogP contribution in [0.4, 0.5) is 18.9 Å². The summed E-state index contributed by atoms with van der Waals surface area (Å²) in [4.78, 5) is 10.4. The van der Waals surface area contributed by atoms with Crippen LogP contribution in [-0.4, -0.2) is 12.6 Å². The summed E-state index contributed by atoms with van der Waals surface area (Å²) >= 11 is 5.50. The molecule has 0 aliphatic rings. The van der Waals surface area contributed by atoms with Crippen molar-refractivity contribution < 1.29 is 22.7 Å². The summed E-state index contributed by atoms with van der Waals surface area (Å²) in [5.74, 6) is -0.683. The highest BCUT2D eigenvalue weighted by Crippen LogP contribution is 2.34. The lowest BCUT2D eigenvalue weighted by molar-refractivity contribution is -0.274. The molecular formula is C8H5ClF3NO2. The van der Waals surface area contributed by atoms with Gasteiger partial charge in [-0.05, 0) is 12.1 Å². The number of hydrogen-bond acceptors (Lipinski definition) is 3. The molecule has 0 unspecified atom stereocenters. The zero-order chi connectivity index (χ0) is 11.6. The molecule has 15 heavy (non-hydrogen) atoms. The second kappa shape index (κ2) is 3.98. The highest BCUT2D eigenvalue weighted by atomic mass is 35.5. The molecule has 0 radical (unpaired) electrons. The predicted molar refractivity (Wildman–Crippen MR) is 47.9 cm³/mol. The molecule has 0 heterocycles. The fourth-order valence-electron chi connectivity index (χ4n) is 0.890. The van der Waals surface area contributed by atoms with Gasteiger partial charge in [-0.15, -0.1) is 13.2 Å². The summed E-state index contributed by atoms with van der Waals surface area (Å²) in [6, 6.07) is 2.01. The molecule has 0 spiro atoms. The summed E-state index contributed by atoms with van der Waals surface area (Å²) < 4.78 is 39.2. The second-order valence-electron chi connectivity index (χ2n) is 2.58. The van der Waals surface area contributed by atoms with Gasteiger partial charge in [0.25, 0.3) is 0 Å². The molecule has 7 heteroatoms. The Hall–Kier alpha value is -1.43. The van der Waals surface area contributed by atoms with Gasteiger partial charge < -0.3 is 10.5 Å². The number of carbonyl (C=O) groups excluding carboxylic acids is 1. The lowest BCUT2D eigenvalue weighted by Crippen LogP contribution is -2.18. The number of nitrogens with two attached hydrogens (primary N) is 1. The van der Waals surface area contributed by atoms with Crippen molar-refractivity contribution in [2.75, 3.05) is 5.73 Å². The minimum Gasteiger partial charge on any atom is -0.404 e. The van der Waals surface area contributed by atoms with Crippen LogP contribution < -0.4 is 10.5 Å². The summed E-state index contributed by atoms with van der Waals surface area (Å²) in [6.07, 6.45) is -4.53. The van der Waals surface area contributed by atoms with E-state index in [-0.39, 0.29) is 16.3 Å². The Morgan fingerprint density at radius 3 is 2.47 bits per heavy atom. The molecule has 0 saturated carbocycles. The molecule has 0 aliphatic carbocycles. The van der Waals surface area contributed by atoms with Crippen LogP contribution >= 0.6 is 11.6 Å². The number of hydrogen-bond donors (Lipinski definition) is 1. The Morgan fingerprint density at radius 2 is 2.00 bits per heavy atom. The Morgan fingerprint density at radius 1 is 1.40 bits per heavy atom. The van der Waals surface area contributed by atoms with Crippen LogP contribution in [0, 0.1) is 0 Å². The maximum absolute atomic E-state index is 11.9. The van der Waals surface area contributed by atoms with Crippen molar-refractivity contribution in [1.29, 1.82) is 0 Å². The number of rotatable bonds is 2. The van der Waals surface area contributed by atoms with E-state index in [2.05, 4.69) is 4.74 Å². The minimum absolute atomic E-state index is 0.0477. The van der Waals surface area contributed by atoms with E-state index in [0.29, 0.717) is 6.29 Å². The van der Waals surface area contributed by atoms with E-state index in [1.54, 1.807) is 0 Å². The van der Waals surface area contributed by atoms with Gasteiger partial charge >= 0.3 is 6.36 Å². The molecule has 0 saturated heterocycles. The number of alkyl halides is 3. The van der Waals surface area contributed by atoms with Gasteiger partial charge in [0.2, 0.25) is 0 Å². The van der Waals surface area contributed by atoms with E-state index in [4.69, 9.17) is 17.3 Å². The van der Waals surface area contributed by atoms with Crippen LogP contribution in [0.5, 0.6) is 5.75 Å². The maximum atomic E-state index is 11.9. The predicted octanol–water partition coefficient (Wildman–Crippen LogP) is 2.63. The van der Waals surface area contributed by atoms with Gasteiger partial charge in [0.1, 0.15) is 6.29 Å². The zero-order valence-electron chi connectivity index (χ0n) is 7.14. The Balaban J connectivity index is 3.16. The van der Waals surface area contributed by atoms with Crippen LogP contribution in [0.2, 0.25) is 5.02 Å². The molecule has 3 nitrogen and oxygen atoms in total. The van der Waals surface area contributed by atoms with E-state index in [9.17, 15) is 18.0 Å². The molecule has 0 bridgehead atoms. The van der Waals surface area contributed by atoms with Crippen LogP contribution in [0.15, 0.2) is 12.1 Å². The summed E-state index contributed by atoms with van der Waals surface area (Å²) in [5, 5.41) is -0.168. The first-order chi connectivity index (χ1) is 6.83. The van der Waals surface area contributed by atoms with Gasteiger partial charge in [-0.2, -0.15) is 0 Å². The largest absolute Gasteiger partial charge is 0.573 e. The van der Waals surface area contributed by atoms with Crippen molar-refractivity contribution in [3.8, 4) is 5.75 Å². The number of halogens is 4. The quantitative estimate of drug-likeness (QED) is 0.638. The normalized spacial score (nSPS) is 11.2. The second-order valence-corrected chi connectivity index (χ2v) is 2.99. The topological polar surface area (TPSA) is 52.3 Å². The first-order valence-electron chi connectivity index (χ1n) is 3.63. The summed E-state index contributed by atoms with van der Waals surface area (Å²) in [7, 11) is 0. The molecule has 0 fully saturated rings. The van der Waals surface area contributed by atoms with Crippen LogP contribution in [0.3, 0.4) is 0 Å². The first-order valence-corrected chi connectivity index (χ1v) is 4.01. The van der Waals surface area contributed by atoms with Crippen molar-refractivity contribution in [2.45, 2.75) is 6.36 Å². The lowest BCUT2D eigenvalue weighted by Gasteiger charge is -2.12. The van der Waals surface area contributed by atoms with E-state index in [1.807, 2.05) is 0 Å². The molecule has 1 rings (SSSR count). The van der Waals surface area contributed by atoms with E-state index < -0.39 is 12.1 Å². The lowest BCUT2D eigenvalue weighted by atomic mass is 10.2. The molecule has 0 amide bonds. The highest BCUT2D eigenvalue weighted by Gasteiger charge is 2.32. The van der Waals surface area contributed by atoms with Gasteiger partial charge in [-0.25, -0.2) is 0 Å². The van der Waals surface area contributed by atoms with Gasteiger partial charge in [-0.3, -0.25) is 4.79 Å². The summed E-state index contributed by atoms with van der Waals surface area (Å²) in [6.45, 7) is 0. The van der Waals surface area contributed by atoms with E-state index in [0.717, 1.165) is 12.1 Å². The Bertz CT molecular complexity index is 392. The molecule has 0 atom stereocenters. The third kappa shape index (κ3) is 3.02. The fraction of sp³-hybridized carbons (Fsp3) is 0.125. The van der Waals surface area contributed by atoms with Crippen molar-refractivity contribution in [3.63, 3.8) is 0 Å². The minimum atomic E-state index is -4.88. The molecule has 2 N–H and O–H groups in total. The van der Waals surface area contributed by atoms with Crippen molar-refractivity contribution in [2.24, 2.45) is 0 Å². The first kappa shape index (κ1) is 11.6. The molecule has 1 aromatic rings. The van der Waals surface area contributed by atoms with Gasteiger partial charge in [0, 0.05) is 5.56 Å². The number of benzene rings is 1.